The highest BCUT2D eigenvalue weighted by molar-refractivity contribution is 5.92. The van der Waals surface area contributed by atoms with E-state index in [1.165, 1.54) is 6.07 Å². The van der Waals surface area contributed by atoms with Gasteiger partial charge in [0.2, 0.25) is 5.91 Å². The van der Waals surface area contributed by atoms with Gasteiger partial charge in [0.15, 0.2) is 0 Å². The number of carbonyl (C=O) groups is 1. The lowest BCUT2D eigenvalue weighted by Crippen LogP contribution is -2.32. The largest absolute Gasteiger partial charge is 0.322 e. The number of carbonyl (C=O) groups excluding carboxylic acids is 1. The maximum Gasteiger partial charge on any atom is 0.238 e. The van der Waals surface area contributed by atoms with Crippen LogP contribution in [0.4, 0.5) is 14.5 Å². The summed E-state index contributed by atoms with van der Waals surface area (Å²) in [5.41, 5.74) is 0.920. The van der Waals surface area contributed by atoms with Gasteiger partial charge in [0.05, 0.1) is 12.2 Å². The monoisotopic (exact) mass is 305 g/mol. The Morgan fingerprint density at radius 2 is 2.09 bits per heavy atom. The molecule has 0 fully saturated rings. The average molecular weight is 305 g/mol. The predicted octanol–water partition coefficient (Wildman–Crippen LogP) is 2.47. The Balaban J connectivity index is 1.81. The fourth-order valence-electron chi connectivity index (χ4n) is 1.96. The molecule has 0 unspecified atom stereocenters. The molecule has 0 bridgehead atoms. The zero-order chi connectivity index (χ0) is 15.9. The molecule has 22 heavy (non-hydrogen) atoms. The molecule has 2 aromatic rings. The number of pyridine rings is 1. The van der Waals surface area contributed by atoms with E-state index in [0.717, 1.165) is 24.2 Å². The van der Waals surface area contributed by atoms with E-state index in [-0.39, 0.29) is 18.1 Å². The predicted molar refractivity (Wildman–Crippen MR) is 80.4 cm³/mol. The summed E-state index contributed by atoms with van der Waals surface area (Å²) in [6.45, 7) is 0.764. The highest BCUT2D eigenvalue weighted by Gasteiger charge is 2.10. The Morgan fingerprint density at radius 1 is 1.27 bits per heavy atom. The average Bonchev–Trinajstić information content (AvgIpc) is 2.49. The van der Waals surface area contributed by atoms with Gasteiger partial charge in [-0.15, -0.1) is 0 Å². The van der Waals surface area contributed by atoms with Gasteiger partial charge in [-0.05, 0) is 31.3 Å². The number of nitrogens with zero attached hydrogens (tertiary/aromatic N) is 2. The molecular weight excluding hydrogens is 288 g/mol. The summed E-state index contributed by atoms with van der Waals surface area (Å²) in [5.74, 6) is -1.82. The zero-order valence-electron chi connectivity index (χ0n) is 12.2. The van der Waals surface area contributed by atoms with Gasteiger partial charge in [-0.1, -0.05) is 6.07 Å². The number of halogens is 2. The fourth-order valence-corrected chi connectivity index (χ4v) is 1.96. The fraction of sp³-hybridized carbons (Fsp3) is 0.250. The molecule has 0 spiro atoms. The summed E-state index contributed by atoms with van der Waals surface area (Å²) in [7, 11) is 1.80. The van der Waals surface area contributed by atoms with E-state index in [1.54, 1.807) is 13.2 Å². The Hall–Kier alpha value is -2.34. The van der Waals surface area contributed by atoms with Gasteiger partial charge in [0, 0.05) is 30.9 Å². The third kappa shape index (κ3) is 4.89. The van der Waals surface area contributed by atoms with Crippen molar-refractivity contribution in [2.75, 3.05) is 25.5 Å². The van der Waals surface area contributed by atoms with Crippen LogP contribution in [0.15, 0.2) is 42.6 Å². The van der Waals surface area contributed by atoms with Crippen molar-refractivity contribution in [1.82, 2.24) is 9.88 Å². The second-order valence-corrected chi connectivity index (χ2v) is 4.98. The summed E-state index contributed by atoms with van der Waals surface area (Å²) < 4.78 is 26.2. The molecule has 0 saturated heterocycles. The first-order valence-corrected chi connectivity index (χ1v) is 6.88. The van der Waals surface area contributed by atoms with Crippen LogP contribution in [0.25, 0.3) is 0 Å². The minimum Gasteiger partial charge on any atom is -0.322 e. The van der Waals surface area contributed by atoms with E-state index in [1.807, 2.05) is 23.1 Å². The van der Waals surface area contributed by atoms with Crippen LogP contribution in [0.5, 0.6) is 0 Å². The number of anilines is 1. The standard InChI is InChI=1S/C16H17F2N3O/c1-21(9-7-13-4-2-3-8-19-13)11-16(22)20-15-6-5-12(17)10-14(15)18/h2-6,8,10H,7,9,11H2,1H3,(H,20,22). The van der Waals surface area contributed by atoms with Crippen molar-refractivity contribution in [3.05, 3.63) is 59.9 Å². The van der Waals surface area contributed by atoms with Gasteiger partial charge in [0.1, 0.15) is 11.6 Å². The summed E-state index contributed by atoms with van der Waals surface area (Å²) in [6, 6.07) is 8.71. The second-order valence-electron chi connectivity index (χ2n) is 4.98. The van der Waals surface area contributed by atoms with Gasteiger partial charge in [-0.3, -0.25) is 14.7 Å². The molecule has 1 amide bonds. The van der Waals surface area contributed by atoms with Crippen molar-refractivity contribution in [3.63, 3.8) is 0 Å². The van der Waals surface area contributed by atoms with E-state index >= 15 is 0 Å². The van der Waals surface area contributed by atoms with Crippen LogP contribution in [-0.2, 0) is 11.2 Å². The van der Waals surface area contributed by atoms with Gasteiger partial charge >= 0.3 is 0 Å². The van der Waals surface area contributed by atoms with Crippen molar-refractivity contribution >= 4 is 11.6 Å². The van der Waals surface area contributed by atoms with Crippen LogP contribution in [0.2, 0.25) is 0 Å². The van der Waals surface area contributed by atoms with Crippen molar-refractivity contribution in [2.24, 2.45) is 0 Å². The van der Waals surface area contributed by atoms with E-state index in [2.05, 4.69) is 10.3 Å². The molecule has 4 nitrogen and oxygen atoms in total. The van der Waals surface area contributed by atoms with Crippen molar-refractivity contribution < 1.29 is 13.6 Å². The first-order valence-electron chi connectivity index (χ1n) is 6.88. The number of likely N-dealkylation sites (N-methyl/N-ethyl adjacent to an activating group) is 1. The molecule has 1 aromatic heterocycles. The first kappa shape index (κ1) is 16.0. The molecular formula is C16H17F2N3O. The minimum atomic E-state index is -0.788. The van der Waals surface area contributed by atoms with Crippen LogP contribution in [0, 0.1) is 11.6 Å². The van der Waals surface area contributed by atoms with Crippen LogP contribution in [0.1, 0.15) is 5.69 Å². The Labute approximate surface area is 127 Å². The molecule has 1 N–H and O–H groups in total. The third-order valence-electron chi connectivity index (χ3n) is 3.09. The number of aromatic nitrogens is 1. The molecule has 0 aliphatic rings. The Morgan fingerprint density at radius 3 is 2.77 bits per heavy atom. The van der Waals surface area contributed by atoms with Crippen LogP contribution in [0.3, 0.4) is 0 Å². The highest BCUT2D eigenvalue weighted by Crippen LogP contribution is 2.14. The summed E-state index contributed by atoms with van der Waals surface area (Å²) >= 11 is 0. The molecule has 0 aliphatic carbocycles. The molecule has 0 saturated carbocycles. The molecule has 0 radical (unpaired) electrons. The molecule has 1 heterocycles. The maximum atomic E-state index is 13.4. The van der Waals surface area contributed by atoms with Gasteiger partial charge in [0.25, 0.3) is 0 Å². The zero-order valence-corrected chi connectivity index (χ0v) is 12.2. The van der Waals surface area contributed by atoms with E-state index in [9.17, 15) is 13.6 Å². The number of amides is 1. The van der Waals surface area contributed by atoms with Crippen LogP contribution < -0.4 is 5.32 Å². The normalized spacial score (nSPS) is 10.7. The minimum absolute atomic E-state index is 0.0236. The quantitative estimate of drug-likeness (QED) is 0.892. The van der Waals surface area contributed by atoms with Crippen molar-refractivity contribution in [3.8, 4) is 0 Å². The SMILES string of the molecule is CN(CCc1ccccn1)CC(=O)Nc1ccc(F)cc1F. The van der Waals surface area contributed by atoms with Crippen LogP contribution in [-0.4, -0.2) is 35.9 Å². The molecule has 2 rings (SSSR count). The molecule has 0 atom stereocenters. The van der Waals surface area contributed by atoms with E-state index in [0.29, 0.717) is 6.54 Å². The molecule has 6 heteroatoms. The van der Waals surface area contributed by atoms with Crippen molar-refractivity contribution in [2.45, 2.75) is 6.42 Å². The third-order valence-corrected chi connectivity index (χ3v) is 3.09. The summed E-state index contributed by atoms with van der Waals surface area (Å²) in [4.78, 5) is 17.9. The highest BCUT2D eigenvalue weighted by atomic mass is 19.1. The van der Waals surface area contributed by atoms with Crippen molar-refractivity contribution in [1.29, 1.82) is 0 Å². The number of nitrogens with one attached hydrogen (secondary N) is 1. The number of benzene rings is 1. The van der Waals surface area contributed by atoms with Gasteiger partial charge < -0.3 is 5.32 Å². The second kappa shape index (κ2) is 7.61. The lowest BCUT2D eigenvalue weighted by Gasteiger charge is -2.16. The number of rotatable bonds is 6. The maximum absolute atomic E-state index is 13.4. The first-order chi connectivity index (χ1) is 10.5. The molecule has 0 aliphatic heterocycles. The Kier molecular flexibility index (Phi) is 5.55. The van der Waals surface area contributed by atoms with Gasteiger partial charge in [-0.25, -0.2) is 8.78 Å². The molecule has 116 valence electrons. The number of hydrogen-bond acceptors (Lipinski definition) is 3. The summed E-state index contributed by atoms with van der Waals surface area (Å²) in [5, 5.41) is 2.43. The number of hydrogen-bond donors (Lipinski definition) is 1. The lowest BCUT2D eigenvalue weighted by molar-refractivity contribution is -0.117. The Bertz CT molecular complexity index is 635. The molecule has 1 aromatic carbocycles. The van der Waals surface area contributed by atoms with E-state index in [4.69, 9.17) is 0 Å². The summed E-state index contributed by atoms with van der Waals surface area (Å²) in [6.07, 6.45) is 2.44. The van der Waals surface area contributed by atoms with Gasteiger partial charge in [-0.2, -0.15) is 0 Å². The topological polar surface area (TPSA) is 45.2 Å². The smallest absolute Gasteiger partial charge is 0.238 e. The van der Waals surface area contributed by atoms with E-state index < -0.39 is 11.6 Å². The lowest BCUT2D eigenvalue weighted by atomic mass is 10.2. The van der Waals surface area contributed by atoms with Crippen LogP contribution >= 0.6 is 0 Å².